The van der Waals surface area contributed by atoms with Crippen LogP contribution >= 0.6 is 11.6 Å². The highest BCUT2D eigenvalue weighted by atomic mass is 35.5. The molecule has 142 valence electrons. The molecule has 28 heavy (non-hydrogen) atoms. The van der Waals surface area contributed by atoms with E-state index in [1.165, 1.54) is 0 Å². The van der Waals surface area contributed by atoms with Crippen LogP contribution in [-0.2, 0) is 16.1 Å². The Bertz CT molecular complexity index is 1010. The minimum atomic E-state index is -0.414. The summed E-state index contributed by atoms with van der Waals surface area (Å²) in [5.74, 6) is -0.00434. The predicted molar refractivity (Wildman–Crippen MR) is 103 cm³/mol. The van der Waals surface area contributed by atoms with Crippen LogP contribution in [0, 0.1) is 5.92 Å². The molecule has 1 N–H and O–H groups in total. The lowest BCUT2D eigenvalue weighted by Gasteiger charge is -2.16. The quantitative estimate of drug-likeness (QED) is 0.716. The molecule has 0 bridgehead atoms. The van der Waals surface area contributed by atoms with Crippen LogP contribution in [0.5, 0.6) is 0 Å². The molecule has 2 amide bonds. The molecule has 0 aliphatic carbocycles. The highest BCUT2D eigenvalue weighted by Crippen LogP contribution is 2.25. The normalized spacial score (nSPS) is 16.4. The van der Waals surface area contributed by atoms with Gasteiger partial charge in [0.15, 0.2) is 0 Å². The minimum Gasteiger partial charge on any atom is -0.347 e. The first kappa shape index (κ1) is 18.2. The fraction of sp³-hybridized carbons (Fsp3) is 0.200. The van der Waals surface area contributed by atoms with Crippen LogP contribution in [-0.4, -0.2) is 28.5 Å². The van der Waals surface area contributed by atoms with Crippen molar-refractivity contribution in [2.45, 2.75) is 13.0 Å². The van der Waals surface area contributed by atoms with E-state index in [1.807, 2.05) is 36.4 Å². The standard InChI is InChI=1S/C20H17ClN4O3/c21-15-6-4-5-13(9-15)19-23-17(28-24-19)11-22-20(27)14-10-18(26)25(12-14)16-7-2-1-3-8-16/h1-9,14H,10-12H2,(H,22,27). The number of aromatic nitrogens is 2. The van der Waals surface area contributed by atoms with Crippen LogP contribution in [0.15, 0.2) is 59.1 Å². The second kappa shape index (κ2) is 7.82. The maximum atomic E-state index is 12.5. The van der Waals surface area contributed by atoms with Crippen LogP contribution in [0.1, 0.15) is 12.3 Å². The molecular formula is C20H17ClN4O3. The first-order valence-electron chi connectivity index (χ1n) is 8.82. The molecule has 8 heteroatoms. The van der Waals surface area contributed by atoms with E-state index < -0.39 is 5.92 Å². The third kappa shape index (κ3) is 3.89. The smallest absolute Gasteiger partial charge is 0.246 e. The van der Waals surface area contributed by atoms with Gasteiger partial charge >= 0.3 is 0 Å². The number of anilines is 1. The number of benzene rings is 2. The molecule has 1 saturated heterocycles. The molecular weight excluding hydrogens is 380 g/mol. The molecule has 7 nitrogen and oxygen atoms in total. The molecule has 1 aromatic heterocycles. The zero-order valence-electron chi connectivity index (χ0n) is 14.8. The van der Waals surface area contributed by atoms with Crippen LogP contribution in [0.2, 0.25) is 5.02 Å². The first-order chi connectivity index (χ1) is 13.6. The van der Waals surface area contributed by atoms with E-state index in [9.17, 15) is 9.59 Å². The maximum Gasteiger partial charge on any atom is 0.246 e. The Morgan fingerprint density at radius 1 is 1.21 bits per heavy atom. The number of amides is 2. The van der Waals surface area contributed by atoms with Gasteiger partial charge in [-0.2, -0.15) is 4.98 Å². The van der Waals surface area contributed by atoms with Crippen molar-refractivity contribution in [1.82, 2.24) is 15.5 Å². The summed E-state index contributed by atoms with van der Waals surface area (Å²) in [6.45, 7) is 0.453. The first-order valence-corrected chi connectivity index (χ1v) is 9.19. The van der Waals surface area contributed by atoms with Crippen molar-refractivity contribution in [3.63, 3.8) is 0 Å². The van der Waals surface area contributed by atoms with Gasteiger partial charge in [0.1, 0.15) is 0 Å². The Labute approximate surface area is 166 Å². The molecule has 2 aromatic carbocycles. The lowest BCUT2D eigenvalue weighted by Crippen LogP contribution is -2.32. The molecule has 2 heterocycles. The highest BCUT2D eigenvalue weighted by molar-refractivity contribution is 6.30. The van der Waals surface area contributed by atoms with Gasteiger partial charge in [0.05, 0.1) is 12.5 Å². The third-order valence-electron chi connectivity index (χ3n) is 4.53. The summed E-state index contributed by atoms with van der Waals surface area (Å²) >= 11 is 5.97. The number of carbonyl (C=O) groups excluding carboxylic acids is 2. The number of hydrogen-bond donors (Lipinski definition) is 1. The van der Waals surface area contributed by atoms with Crippen LogP contribution in [0.25, 0.3) is 11.4 Å². The third-order valence-corrected chi connectivity index (χ3v) is 4.76. The van der Waals surface area contributed by atoms with E-state index >= 15 is 0 Å². The molecule has 1 aliphatic heterocycles. The van der Waals surface area contributed by atoms with Crippen molar-refractivity contribution in [2.75, 3.05) is 11.4 Å². The topological polar surface area (TPSA) is 88.3 Å². The van der Waals surface area contributed by atoms with Gasteiger partial charge in [-0.3, -0.25) is 9.59 Å². The van der Waals surface area contributed by atoms with Crippen molar-refractivity contribution in [1.29, 1.82) is 0 Å². The predicted octanol–water partition coefficient (Wildman–Crippen LogP) is 3.06. The summed E-state index contributed by atoms with van der Waals surface area (Å²) in [5, 5.41) is 7.25. The summed E-state index contributed by atoms with van der Waals surface area (Å²) in [7, 11) is 0. The average molecular weight is 397 g/mol. The van der Waals surface area contributed by atoms with Crippen molar-refractivity contribution < 1.29 is 14.1 Å². The van der Waals surface area contributed by atoms with E-state index in [-0.39, 0.29) is 30.7 Å². The zero-order chi connectivity index (χ0) is 19.5. The van der Waals surface area contributed by atoms with E-state index in [2.05, 4.69) is 15.5 Å². The van der Waals surface area contributed by atoms with Crippen molar-refractivity contribution in [3.8, 4) is 11.4 Å². The molecule has 0 saturated carbocycles. The van der Waals surface area contributed by atoms with Crippen LogP contribution < -0.4 is 10.2 Å². The number of nitrogens with one attached hydrogen (secondary N) is 1. The molecule has 1 atom stereocenters. The van der Waals surface area contributed by atoms with Crippen molar-refractivity contribution in [3.05, 3.63) is 65.5 Å². The zero-order valence-corrected chi connectivity index (χ0v) is 15.6. The summed E-state index contributed by atoms with van der Waals surface area (Å²) in [5.41, 5.74) is 1.53. The SMILES string of the molecule is O=C(NCc1nc(-c2cccc(Cl)c2)no1)C1CC(=O)N(c2ccccc2)C1. The lowest BCUT2D eigenvalue weighted by atomic mass is 10.1. The van der Waals surface area contributed by atoms with Gasteiger partial charge in [0, 0.05) is 29.2 Å². The number of rotatable bonds is 5. The minimum absolute atomic E-state index is 0.0626. The second-order valence-corrected chi connectivity index (χ2v) is 6.92. The Morgan fingerprint density at radius 2 is 2.04 bits per heavy atom. The number of nitrogens with zero attached hydrogens (tertiary/aromatic N) is 3. The average Bonchev–Trinajstić information content (AvgIpc) is 3.34. The Balaban J connectivity index is 1.36. The Hall–Kier alpha value is -3.19. The van der Waals surface area contributed by atoms with Crippen molar-refractivity contribution in [2.24, 2.45) is 5.92 Å². The number of para-hydroxylation sites is 1. The molecule has 0 radical (unpaired) electrons. The van der Waals surface area contributed by atoms with E-state index in [1.54, 1.807) is 23.1 Å². The molecule has 1 fully saturated rings. The number of carbonyl (C=O) groups is 2. The van der Waals surface area contributed by atoms with Gasteiger partial charge in [-0.25, -0.2) is 0 Å². The number of hydrogen-bond acceptors (Lipinski definition) is 5. The number of halogens is 1. The fourth-order valence-electron chi connectivity index (χ4n) is 3.12. The Kier molecular flexibility index (Phi) is 5.08. The monoisotopic (exact) mass is 396 g/mol. The van der Waals surface area contributed by atoms with Gasteiger partial charge < -0.3 is 14.7 Å². The fourth-order valence-corrected chi connectivity index (χ4v) is 3.31. The van der Waals surface area contributed by atoms with Gasteiger partial charge in [-0.1, -0.05) is 47.1 Å². The van der Waals surface area contributed by atoms with Crippen LogP contribution in [0.3, 0.4) is 0 Å². The summed E-state index contributed by atoms with van der Waals surface area (Å²) in [6, 6.07) is 16.4. The van der Waals surface area contributed by atoms with Gasteiger partial charge in [-0.05, 0) is 24.3 Å². The van der Waals surface area contributed by atoms with Gasteiger partial charge in [0.25, 0.3) is 0 Å². The van der Waals surface area contributed by atoms with Gasteiger partial charge in [0.2, 0.25) is 23.5 Å². The van der Waals surface area contributed by atoms with E-state index in [0.717, 1.165) is 11.3 Å². The molecule has 4 rings (SSSR count). The molecule has 1 unspecified atom stereocenters. The molecule has 0 spiro atoms. The van der Waals surface area contributed by atoms with Crippen LogP contribution in [0.4, 0.5) is 5.69 Å². The second-order valence-electron chi connectivity index (χ2n) is 6.48. The lowest BCUT2D eigenvalue weighted by molar-refractivity contribution is -0.126. The summed E-state index contributed by atoms with van der Waals surface area (Å²) in [4.78, 5) is 30.6. The van der Waals surface area contributed by atoms with Gasteiger partial charge in [-0.15, -0.1) is 0 Å². The summed E-state index contributed by atoms with van der Waals surface area (Å²) < 4.78 is 5.19. The maximum absolute atomic E-state index is 12.5. The largest absolute Gasteiger partial charge is 0.347 e. The summed E-state index contributed by atoms with van der Waals surface area (Å²) in [6.07, 6.45) is 0.179. The molecule has 3 aromatic rings. The van der Waals surface area contributed by atoms with E-state index in [0.29, 0.717) is 17.4 Å². The Morgan fingerprint density at radius 3 is 2.82 bits per heavy atom. The molecule has 1 aliphatic rings. The highest BCUT2D eigenvalue weighted by Gasteiger charge is 2.35. The van der Waals surface area contributed by atoms with Crippen molar-refractivity contribution >= 4 is 29.1 Å². The van der Waals surface area contributed by atoms with E-state index in [4.69, 9.17) is 16.1 Å².